The molecular weight excluding hydrogens is 509 g/mol. The number of benzene rings is 3. The van der Waals surface area contributed by atoms with E-state index < -0.39 is 5.97 Å². The Hall–Kier alpha value is -3.45. The molecule has 1 aliphatic rings. The van der Waals surface area contributed by atoms with Gasteiger partial charge >= 0.3 is 5.97 Å². The van der Waals surface area contributed by atoms with E-state index in [1.54, 1.807) is 53.2 Å². The molecule has 0 amide bonds. The van der Waals surface area contributed by atoms with Gasteiger partial charge in [-0.05, 0) is 60.2 Å². The highest BCUT2D eigenvalue weighted by atomic mass is 35.5. The average molecular weight is 527 g/mol. The first-order chi connectivity index (χ1) is 16.9. The van der Waals surface area contributed by atoms with Crippen LogP contribution in [-0.4, -0.2) is 29.6 Å². The average Bonchev–Trinajstić information content (AvgIpc) is 3.50. The summed E-state index contributed by atoms with van der Waals surface area (Å²) in [5.41, 5.74) is 4.51. The van der Waals surface area contributed by atoms with Crippen molar-refractivity contribution < 1.29 is 14.3 Å². The maximum Gasteiger partial charge on any atom is 0.338 e. The van der Waals surface area contributed by atoms with Crippen molar-refractivity contribution in [3.8, 4) is 22.7 Å². The number of nitrogens with zero attached hydrogens (tertiary/aromatic N) is 2. The number of carbonyl (C=O) groups is 1. The molecule has 0 radical (unpaired) electrons. The van der Waals surface area contributed by atoms with Crippen molar-refractivity contribution >= 4 is 58.1 Å². The molecule has 1 aromatic heterocycles. The third-order valence-corrected chi connectivity index (χ3v) is 6.26. The van der Waals surface area contributed by atoms with Crippen LogP contribution < -0.4 is 10.1 Å². The van der Waals surface area contributed by atoms with Crippen molar-refractivity contribution in [2.75, 3.05) is 19.2 Å². The van der Waals surface area contributed by atoms with Gasteiger partial charge in [-0.15, -0.1) is 0 Å². The van der Waals surface area contributed by atoms with Crippen molar-refractivity contribution in [2.45, 2.75) is 0 Å². The summed E-state index contributed by atoms with van der Waals surface area (Å²) < 4.78 is 12.4. The highest BCUT2D eigenvalue weighted by molar-refractivity contribution is 6.34. The predicted molar refractivity (Wildman–Crippen MR) is 139 cm³/mol. The number of esters is 1. The summed E-state index contributed by atoms with van der Waals surface area (Å²) in [5, 5.41) is 9.40. The lowest BCUT2D eigenvalue weighted by molar-refractivity contribution is -0.133. The fourth-order valence-corrected chi connectivity index (χ4v) is 4.37. The second kappa shape index (κ2) is 9.66. The van der Waals surface area contributed by atoms with Crippen LogP contribution in [0.4, 0.5) is 5.69 Å². The van der Waals surface area contributed by atoms with Crippen LogP contribution in [0.1, 0.15) is 11.3 Å². The number of hydrogen-bond donors (Lipinski definition) is 1. The van der Waals surface area contributed by atoms with Gasteiger partial charge in [-0.3, -0.25) is 0 Å². The Bertz CT molecular complexity index is 1480. The van der Waals surface area contributed by atoms with Crippen molar-refractivity contribution in [3.63, 3.8) is 0 Å². The molecule has 6 nitrogen and oxygen atoms in total. The lowest BCUT2D eigenvalue weighted by atomic mass is 10.0. The molecule has 5 rings (SSSR count). The van der Waals surface area contributed by atoms with Gasteiger partial charge in [0.25, 0.3) is 0 Å². The van der Waals surface area contributed by atoms with E-state index in [1.807, 2.05) is 24.3 Å². The summed E-state index contributed by atoms with van der Waals surface area (Å²) in [5.74, 6) is 0.222. The molecule has 9 heteroatoms. The molecule has 0 atom stereocenters. The second-order valence-electron chi connectivity index (χ2n) is 7.70. The highest BCUT2D eigenvalue weighted by Crippen LogP contribution is 2.36. The Morgan fingerprint density at radius 1 is 1.06 bits per heavy atom. The molecule has 0 bridgehead atoms. The molecule has 2 heterocycles. The van der Waals surface area contributed by atoms with Crippen LogP contribution in [0, 0.1) is 0 Å². The summed E-state index contributed by atoms with van der Waals surface area (Å²) >= 11 is 19.0. The van der Waals surface area contributed by atoms with Gasteiger partial charge in [0.05, 0.1) is 40.5 Å². The Labute approximate surface area is 216 Å². The monoisotopic (exact) mass is 525 g/mol. The number of aromatic nitrogens is 2. The summed E-state index contributed by atoms with van der Waals surface area (Å²) in [6.45, 7) is 0.411. The maximum absolute atomic E-state index is 12.7. The quantitative estimate of drug-likeness (QED) is 0.225. The van der Waals surface area contributed by atoms with Gasteiger partial charge in [0.1, 0.15) is 5.75 Å². The second-order valence-corrected chi connectivity index (χ2v) is 8.98. The van der Waals surface area contributed by atoms with E-state index >= 15 is 0 Å². The zero-order valence-corrected chi connectivity index (χ0v) is 20.7. The van der Waals surface area contributed by atoms with Gasteiger partial charge in [-0.25, -0.2) is 9.48 Å². The van der Waals surface area contributed by atoms with E-state index in [2.05, 4.69) is 5.32 Å². The van der Waals surface area contributed by atoms with E-state index in [4.69, 9.17) is 49.4 Å². The molecule has 35 heavy (non-hydrogen) atoms. The largest absolute Gasteiger partial charge is 0.471 e. The zero-order chi connectivity index (χ0) is 24.5. The third kappa shape index (κ3) is 4.73. The molecule has 3 aromatic carbocycles. The molecule has 0 saturated heterocycles. The van der Waals surface area contributed by atoms with Gasteiger partial charge in [-0.1, -0.05) is 53.0 Å². The lowest BCUT2D eigenvalue weighted by Crippen LogP contribution is -2.04. The molecule has 1 aliphatic heterocycles. The van der Waals surface area contributed by atoms with Gasteiger partial charge in [0, 0.05) is 15.6 Å². The number of nitrogens with one attached hydrogen (secondary N) is 1. The molecule has 176 valence electrons. The van der Waals surface area contributed by atoms with E-state index in [-0.39, 0.29) is 0 Å². The first kappa shape index (κ1) is 23.3. The summed E-state index contributed by atoms with van der Waals surface area (Å²) in [7, 11) is 1.33. The Morgan fingerprint density at radius 3 is 2.69 bits per heavy atom. The van der Waals surface area contributed by atoms with Crippen molar-refractivity contribution in [1.29, 1.82) is 0 Å². The number of methoxy groups -OCH3 is 1. The van der Waals surface area contributed by atoms with Crippen molar-refractivity contribution in [1.82, 2.24) is 9.78 Å². The van der Waals surface area contributed by atoms with Crippen LogP contribution in [0.3, 0.4) is 0 Å². The van der Waals surface area contributed by atoms with E-state index in [0.717, 1.165) is 22.7 Å². The van der Waals surface area contributed by atoms with Crippen molar-refractivity contribution in [3.05, 3.63) is 93.1 Å². The fraction of sp³-hybridized carbons (Fsp3) is 0.0769. The third-order valence-electron chi connectivity index (χ3n) is 5.47. The molecule has 0 aliphatic carbocycles. The number of halogens is 3. The van der Waals surface area contributed by atoms with Gasteiger partial charge in [0.15, 0.2) is 6.73 Å². The SMILES string of the molecule is COC(=O)/C(=C\c1cc(-c2ccc3c(c2)OCN3)n(-c2cc(Cl)ccc2Cl)n1)c1cccc(Cl)c1. The first-order valence-corrected chi connectivity index (χ1v) is 11.7. The van der Waals surface area contributed by atoms with Crippen LogP contribution in [0.5, 0.6) is 5.75 Å². The maximum atomic E-state index is 12.7. The van der Waals surface area contributed by atoms with Crippen LogP contribution in [0.2, 0.25) is 15.1 Å². The number of ether oxygens (including phenoxy) is 2. The number of rotatable bonds is 5. The zero-order valence-electron chi connectivity index (χ0n) is 18.4. The Balaban J connectivity index is 1.70. The summed E-state index contributed by atoms with van der Waals surface area (Å²) in [6, 6.07) is 19.8. The Morgan fingerprint density at radius 2 is 1.89 bits per heavy atom. The topological polar surface area (TPSA) is 65.4 Å². The summed E-state index contributed by atoms with van der Waals surface area (Å²) in [6.07, 6.45) is 1.65. The molecule has 4 aromatic rings. The molecule has 0 unspecified atom stereocenters. The predicted octanol–water partition coefficient (Wildman–Crippen LogP) is 6.97. The highest BCUT2D eigenvalue weighted by Gasteiger charge is 2.19. The lowest BCUT2D eigenvalue weighted by Gasteiger charge is -2.10. The Kier molecular flexibility index (Phi) is 6.43. The summed E-state index contributed by atoms with van der Waals surface area (Å²) in [4.78, 5) is 12.7. The van der Waals surface area contributed by atoms with Crippen LogP contribution in [0.15, 0.2) is 66.7 Å². The van der Waals surface area contributed by atoms with Crippen LogP contribution >= 0.6 is 34.8 Å². The van der Waals surface area contributed by atoms with E-state index in [1.165, 1.54) is 7.11 Å². The standard InChI is InChI=1S/C26H18Cl3N3O3/c1-34-26(33)20(15-3-2-4-17(27)9-15)12-19-13-23(16-5-8-22-25(10-16)35-14-30-22)32(31-19)24-11-18(28)6-7-21(24)29/h2-13,30H,14H2,1H3/b20-12-. The van der Waals surface area contributed by atoms with Crippen molar-refractivity contribution in [2.24, 2.45) is 0 Å². The molecule has 1 N–H and O–H groups in total. The minimum Gasteiger partial charge on any atom is -0.471 e. The molecule has 0 fully saturated rings. The van der Waals surface area contributed by atoms with Gasteiger partial charge in [-0.2, -0.15) is 5.10 Å². The molecule has 0 spiro atoms. The smallest absolute Gasteiger partial charge is 0.338 e. The van der Waals surface area contributed by atoms with Crippen LogP contribution in [0.25, 0.3) is 28.6 Å². The van der Waals surface area contributed by atoms with Gasteiger partial charge < -0.3 is 14.8 Å². The minimum atomic E-state index is -0.513. The number of fused-ring (bicyclic) bond motifs is 1. The van der Waals surface area contributed by atoms with E-state index in [9.17, 15) is 4.79 Å². The van der Waals surface area contributed by atoms with E-state index in [0.29, 0.717) is 44.3 Å². The van der Waals surface area contributed by atoms with Crippen LogP contribution in [-0.2, 0) is 9.53 Å². The number of anilines is 1. The molecule has 0 saturated carbocycles. The fourth-order valence-electron chi connectivity index (χ4n) is 3.82. The number of carbonyl (C=O) groups excluding carboxylic acids is 1. The molecular formula is C26H18Cl3N3O3. The first-order valence-electron chi connectivity index (χ1n) is 10.6. The minimum absolute atomic E-state index is 0.310. The number of hydrogen-bond acceptors (Lipinski definition) is 5. The van der Waals surface area contributed by atoms with Gasteiger partial charge in [0.2, 0.25) is 0 Å². The normalized spacial score (nSPS) is 12.6.